The van der Waals surface area contributed by atoms with Gasteiger partial charge in [0.05, 0.1) is 34.8 Å². The summed E-state index contributed by atoms with van der Waals surface area (Å²) < 4.78 is 56.6. The molecule has 2 aromatic heterocycles. The number of hydrogen-bond donors (Lipinski definition) is 1. The summed E-state index contributed by atoms with van der Waals surface area (Å²) >= 11 is 0. The van der Waals surface area contributed by atoms with E-state index in [-0.39, 0.29) is 47.8 Å². The Morgan fingerprint density at radius 2 is 1.57 bits per heavy atom. The fourth-order valence-electron chi connectivity index (χ4n) is 6.98. The van der Waals surface area contributed by atoms with Gasteiger partial charge in [0.1, 0.15) is 24.6 Å². The van der Waals surface area contributed by atoms with Crippen LogP contribution in [0.5, 0.6) is 0 Å². The summed E-state index contributed by atoms with van der Waals surface area (Å²) in [6.07, 6.45) is -2.38. The smallest absolute Gasteiger partial charge is 0.410 e. The second kappa shape index (κ2) is 14.1. The topological polar surface area (TPSA) is 120 Å². The van der Waals surface area contributed by atoms with E-state index >= 15 is 0 Å². The summed E-state index contributed by atoms with van der Waals surface area (Å²) in [5.74, 6) is -0.680. The number of carbonyl (C=O) groups is 2. The van der Waals surface area contributed by atoms with Gasteiger partial charge in [0.25, 0.3) is 10.0 Å². The lowest BCUT2D eigenvalue weighted by atomic mass is 9.98. The van der Waals surface area contributed by atoms with Crippen molar-refractivity contribution in [2.24, 2.45) is 0 Å². The van der Waals surface area contributed by atoms with Crippen LogP contribution in [0.25, 0.3) is 22.2 Å². The molecule has 0 spiro atoms. The molecule has 13 heteroatoms. The van der Waals surface area contributed by atoms with Crippen molar-refractivity contribution in [3.05, 3.63) is 113 Å². The highest BCUT2D eigenvalue weighted by molar-refractivity contribution is 7.90. The zero-order valence-corrected chi connectivity index (χ0v) is 33.1. The lowest BCUT2D eigenvalue weighted by Crippen LogP contribution is -2.43. The molecule has 1 aliphatic carbocycles. The first kappa shape index (κ1) is 37.5. The van der Waals surface area contributed by atoms with Gasteiger partial charge in [-0.25, -0.2) is 26.6 Å². The number of hydrogen-bond acceptors (Lipinski definition) is 7. The van der Waals surface area contributed by atoms with Crippen LogP contribution in [0, 0.1) is 6.92 Å². The first-order chi connectivity index (χ1) is 25.5. The molecule has 3 heterocycles. The van der Waals surface area contributed by atoms with Gasteiger partial charge in [-0.1, -0.05) is 87.0 Å². The molecule has 1 aliphatic heterocycles. The molecule has 10 nitrogen and oxygen atoms in total. The number of aryl methyl sites for hydroxylation is 1. The van der Waals surface area contributed by atoms with E-state index in [1.807, 2.05) is 55.5 Å². The number of amides is 2. The van der Waals surface area contributed by atoms with Crippen molar-refractivity contribution in [2.75, 3.05) is 18.5 Å². The lowest BCUT2D eigenvalue weighted by Gasteiger charge is -2.36. The van der Waals surface area contributed by atoms with Gasteiger partial charge in [0.15, 0.2) is 8.32 Å². The summed E-state index contributed by atoms with van der Waals surface area (Å²) in [5.41, 5.74) is 6.20. The molecule has 1 saturated heterocycles. The van der Waals surface area contributed by atoms with E-state index in [9.17, 15) is 22.4 Å². The molecule has 2 amide bonds. The SMILES string of the molecule is Cc1ccc(S(=O)(=O)n2c(CO[Si](C)(C)C(C)(C)C)cc3nc(NC(=O)[C@H]4C[C@@H](F)CN4C(=O)OCC4c5ccccc5-c5ccccc54)ccc32)cc1. The number of alkyl halides is 1. The van der Waals surface area contributed by atoms with E-state index in [0.29, 0.717) is 16.7 Å². The Labute approximate surface area is 316 Å². The molecule has 0 radical (unpaired) electrons. The Morgan fingerprint density at radius 3 is 2.20 bits per heavy atom. The molecule has 1 N–H and O–H groups in total. The molecular weight excluding hydrogens is 724 g/mol. The Balaban J connectivity index is 1.12. The highest BCUT2D eigenvalue weighted by atomic mass is 32.2. The van der Waals surface area contributed by atoms with Crippen LogP contribution in [0.2, 0.25) is 18.1 Å². The third-order valence-corrected chi connectivity index (χ3v) is 17.3. The highest BCUT2D eigenvalue weighted by Crippen LogP contribution is 2.45. The van der Waals surface area contributed by atoms with Crippen LogP contribution in [0.1, 0.15) is 55.5 Å². The average molecular weight is 769 g/mol. The molecule has 0 bridgehead atoms. The van der Waals surface area contributed by atoms with Gasteiger partial charge in [-0.3, -0.25) is 9.69 Å². The number of anilines is 1. The normalized spacial score (nSPS) is 17.4. The minimum atomic E-state index is -4.06. The third kappa shape index (κ3) is 6.96. The number of nitrogens with one attached hydrogen (secondary N) is 1. The summed E-state index contributed by atoms with van der Waals surface area (Å²) in [6, 6.07) is 26.2. The van der Waals surface area contributed by atoms with E-state index in [1.54, 1.807) is 36.4 Å². The van der Waals surface area contributed by atoms with Gasteiger partial charge in [-0.15, -0.1) is 0 Å². The number of carbonyl (C=O) groups excluding carboxylic acids is 2. The maximum atomic E-state index is 14.9. The van der Waals surface area contributed by atoms with Crippen molar-refractivity contribution in [3.63, 3.8) is 0 Å². The third-order valence-electron chi connectivity index (χ3n) is 11.0. The van der Waals surface area contributed by atoms with Gasteiger partial charge in [0.2, 0.25) is 5.91 Å². The molecule has 5 aromatic rings. The fraction of sp³-hybridized carbons (Fsp3) is 0.341. The number of likely N-dealkylation sites (tertiary alicyclic amines) is 1. The van der Waals surface area contributed by atoms with E-state index in [4.69, 9.17) is 9.16 Å². The maximum Gasteiger partial charge on any atom is 0.410 e. The zero-order chi connectivity index (χ0) is 38.6. The molecule has 2 atom stereocenters. The first-order valence-electron chi connectivity index (χ1n) is 18.1. The van der Waals surface area contributed by atoms with Gasteiger partial charge in [-0.2, -0.15) is 0 Å². The molecule has 0 saturated carbocycles. The Hall–Kier alpha value is -4.85. The summed E-state index contributed by atoms with van der Waals surface area (Å²) in [7, 11) is -6.34. The van der Waals surface area contributed by atoms with Gasteiger partial charge in [0, 0.05) is 12.3 Å². The predicted octanol–water partition coefficient (Wildman–Crippen LogP) is 8.40. The second-order valence-corrected chi connectivity index (χ2v) is 22.3. The monoisotopic (exact) mass is 768 g/mol. The van der Waals surface area contributed by atoms with Crippen LogP contribution in [-0.4, -0.2) is 68.0 Å². The quantitative estimate of drug-likeness (QED) is 0.150. The van der Waals surface area contributed by atoms with Crippen LogP contribution in [0.4, 0.5) is 15.0 Å². The standard InChI is InChI=1S/C41H45FN4O6SSi/c1-26-15-17-29(18-16-26)53(49,50)46-28(24-52-54(5,6)41(2,3)4)22-35-36(46)19-20-38(43-35)44-39(47)37-21-27(42)23-45(37)40(48)51-25-34-32-13-9-7-11-30(32)31-12-8-10-14-33(31)34/h7-20,22,27,34,37H,21,23-25H2,1-6H3,(H,43,44,47)/t27-,37-/m1/s1. The number of pyridine rings is 1. The Morgan fingerprint density at radius 1 is 0.944 bits per heavy atom. The van der Waals surface area contributed by atoms with Crippen molar-refractivity contribution in [1.29, 1.82) is 0 Å². The van der Waals surface area contributed by atoms with Crippen molar-refractivity contribution in [1.82, 2.24) is 13.9 Å². The first-order valence-corrected chi connectivity index (χ1v) is 22.4. The maximum absolute atomic E-state index is 14.9. The number of nitrogens with zero attached hydrogens (tertiary/aromatic N) is 3. The van der Waals surface area contributed by atoms with Crippen LogP contribution < -0.4 is 5.32 Å². The van der Waals surface area contributed by atoms with Crippen LogP contribution in [0.15, 0.2) is 95.9 Å². The van der Waals surface area contributed by atoms with Crippen molar-refractivity contribution >= 4 is 47.2 Å². The molecule has 7 rings (SSSR count). The van der Waals surface area contributed by atoms with Gasteiger partial charge >= 0.3 is 6.09 Å². The predicted molar refractivity (Wildman–Crippen MR) is 209 cm³/mol. The summed E-state index contributed by atoms with van der Waals surface area (Å²) in [5, 5.41) is 2.63. The average Bonchev–Trinajstić information content (AvgIpc) is 3.81. The molecule has 54 heavy (non-hydrogen) atoms. The van der Waals surface area contributed by atoms with E-state index in [1.165, 1.54) is 10.0 Å². The van der Waals surface area contributed by atoms with E-state index in [2.05, 4.69) is 44.2 Å². The van der Waals surface area contributed by atoms with Crippen LogP contribution >= 0.6 is 0 Å². The fourth-order valence-corrected chi connectivity index (χ4v) is 9.44. The molecule has 0 unspecified atom stereocenters. The Bertz CT molecular complexity index is 2310. The lowest BCUT2D eigenvalue weighted by molar-refractivity contribution is -0.120. The summed E-state index contributed by atoms with van der Waals surface area (Å²) in [6.45, 7) is 12.2. The van der Waals surface area contributed by atoms with Crippen LogP contribution in [-0.2, 0) is 30.6 Å². The number of rotatable bonds is 9. The Kier molecular flexibility index (Phi) is 9.78. The molecule has 2 aliphatic rings. The number of benzene rings is 3. The van der Waals surface area contributed by atoms with Crippen molar-refractivity contribution in [2.45, 2.75) is 81.9 Å². The summed E-state index contributed by atoms with van der Waals surface area (Å²) in [4.78, 5) is 33.0. The molecule has 1 fully saturated rings. The van der Waals surface area contributed by atoms with Crippen molar-refractivity contribution in [3.8, 4) is 11.1 Å². The van der Waals surface area contributed by atoms with E-state index in [0.717, 1.165) is 32.7 Å². The highest BCUT2D eigenvalue weighted by Gasteiger charge is 2.42. The molecular formula is C41H45FN4O6SSi. The number of ether oxygens (including phenoxy) is 1. The van der Waals surface area contributed by atoms with E-state index < -0.39 is 42.6 Å². The minimum Gasteiger partial charge on any atom is -0.448 e. The van der Waals surface area contributed by atoms with Gasteiger partial charge in [-0.05, 0) is 77.6 Å². The number of halogens is 1. The van der Waals surface area contributed by atoms with Crippen molar-refractivity contribution < 1.29 is 31.6 Å². The van der Waals surface area contributed by atoms with Crippen LogP contribution in [0.3, 0.4) is 0 Å². The zero-order valence-electron chi connectivity index (χ0n) is 31.3. The molecule has 3 aromatic carbocycles. The second-order valence-electron chi connectivity index (χ2n) is 15.7. The largest absolute Gasteiger partial charge is 0.448 e. The number of aromatic nitrogens is 2. The minimum absolute atomic E-state index is 0.0364. The number of fused-ring (bicyclic) bond motifs is 4. The van der Waals surface area contributed by atoms with Gasteiger partial charge < -0.3 is 14.5 Å². The molecule has 282 valence electrons.